The van der Waals surface area contributed by atoms with Crippen molar-refractivity contribution in [3.05, 3.63) is 135 Å². The zero-order chi connectivity index (χ0) is 38.1. The second-order valence-electron chi connectivity index (χ2n) is 11.9. The van der Waals surface area contributed by atoms with Gasteiger partial charge in [0, 0.05) is 11.6 Å². The van der Waals surface area contributed by atoms with Crippen molar-refractivity contribution in [1.82, 2.24) is 0 Å². The molecule has 0 atom stereocenters. The van der Waals surface area contributed by atoms with Gasteiger partial charge in [-0.15, -0.1) is 0 Å². The molecule has 0 aliphatic rings. The number of alkyl halides is 2. The van der Waals surface area contributed by atoms with Crippen LogP contribution in [-0.2, 0) is 12.5 Å². The number of hydrogen-bond donors (Lipinski definition) is 0. The van der Waals surface area contributed by atoms with Crippen LogP contribution in [-0.4, -0.2) is 0 Å². The van der Waals surface area contributed by atoms with Crippen LogP contribution in [0.15, 0.2) is 60.7 Å². The molecule has 274 valence electrons. The number of aryl methyl sites for hydroxylation is 1. The summed E-state index contributed by atoms with van der Waals surface area (Å²) in [7, 11) is 0. The van der Waals surface area contributed by atoms with E-state index in [1.165, 1.54) is 0 Å². The van der Waals surface area contributed by atoms with Crippen molar-refractivity contribution in [3.63, 3.8) is 0 Å². The highest BCUT2D eigenvalue weighted by Gasteiger charge is 2.42. The van der Waals surface area contributed by atoms with Crippen LogP contribution >= 0.6 is 11.6 Å². The average Bonchev–Trinajstić information content (AvgIpc) is 3.02. The predicted octanol–water partition coefficient (Wildman–Crippen LogP) is 13.4. The summed E-state index contributed by atoms with van der Waals surface area (Å²) >= 11 is 5.91. The van der Waals surface area contributed by atoms with Crippen LogP contribution in [0.2, 0.25) is 5.02 Å². The first-order valence-electron chi connectivity index (χ1n) is 15.7. The Labute approximate surface area is 294 Å². The Balaban J connectivity index is 1.41. The van der Waals surface area contributed by atoms with Crippen LogP contribution in [0.1, 0.15) is 50.2 Å². The zero-order valence-corrected chi connectivity index (χ0v) is 27.6. The van der Waals surface area contributed by atoms with Gasteiger partial charge in [-0.3, -0.25) is 0 Å². The molecule has 0 N–H and O–H groups in total. The zero-order valence-electron chi connectivity index (χ0n) is 26.8. The first-order valence-corrected chi connectivity index (χ1v) is 16.1. The van der Waals surface area contributed by atoms with Gasteiger partial charge in [0.2, 0.25) is 0 Å². The molecule has 0 bridgehead atoms. The van der Waals surface area contributed by atoms with Gasteiger partial charge in [0.15, 0.2) is 17.5 Å². The fourth-order valence-electron chi connectivity index (χ4n) is 5.75. The molecule has 0 saturated heterocycles. The Bertz CT molecular complexity index is 2030. The van der Waals surface area contributed by atoms with Crippen molar-refractivity contribution >= 4 is 11.6 Å². The van der Waals surface area contributed by atoms with Gasteiger partial charge in [0.05, 0.1) is 16.1 Å². The van der Waals surface area contributed by atoms with Crippen molar-refractivity contribution < 1.29 is 57.4 Å². The van der Waals surface area contributed by atoms with Gasteiger partial charge in [-0.25, -0.2) is 43.9 Å². The molecule has 5 rings (SSSR count). The number of ether oxygens (including phenoxy) is 1. The minimum atomic E-state index is -4.92. The Hall–Kier alpha value is -4.65. The van der Waals surface area contributed by atoms with Crippen molar-refractivity contribution in [1.29, 1.82) is 0 Å². The summed E-state index contributed by atoms with van der Waals surface area (Å²) < 4.78 is 181. The van der Waals surface area contributed by atoms with Crippen LogP contribution in [0.25, 0.3) is 33.4 Å². The number of unbranched alkanes of at least 4 members (excludes halogenated alkanes) is 4. The summed E-state index contributed by atoms with van der Waals surface area (Å²) in [6.45, 7) is 2.04. The van der Waals surface area contributed by atoms with E-state index >= 15 is 26.3 Å². The van der Waals surface area contributed by atoms with Gasteiger partial charge in [-0.05, 0) is 89.7 Å². The largest absolute Gasteiger partial charge is 0.432 e. The fraction of sp³-hybridized carbons (Fsp3) is 0.211. The summed E-state index contributed by atoms with van der Waals surface area (Å²) in [5, 5.41) is -0.768. The van der Waals surface area contributed by atoms with E-state index in [4.69, 9.17) is 11.6 Å². The Morgan fingerprint density at radius 1 is 0.500 bits per heavy atom. The van der Waals surface area contributed by atoms with Gasteiger partial charge in [-0.2, -0.15) is 8.78 Å². The van der Waals surface area contributed by atoms with Crippen molar-refractivity contribution in [2.45, 2.75) is 51.6 Å². The van der Waals surface area contributed by atoms with E-state index in [1.54, 1.807) is 0 Å². The first kappa shape index (κ1) is 38.6. The number of hydrogen-bond acceptors (Lipinski definition) is 1. The third-order valence-corrected chi connectivity index (χ3v) is 8.46. The van der Waals surface area contributed by atoms with E-state index in [-0.39, 0.29) is 18.2 Å². The molecule has 0 saturated carbocycles. The lowest BCUT2D eigenvalue weighted by Crippen LogP contribution is -2.25. The van der Waals surface area contributed by atoms with E-state index in [0.717, 1.165) is 37.8 Å². The van der Waals surface area contributed by atoms with Crippen LogP contribution < -0.4 is 4.74 Å². The molecule has 0 unspecified atom stereocenters. The summed E-state index contributed by atoms with van der Waals surface area (Å²) in [5.41, 5.74) is -6.45. The molecular weight excluding hydrogens is 736 g/mol. The highest BCUT2D eigenvalue weighted by atomic mass is 35.5. The standard InChI is InChI=1S/C38H25ClF12O/c1-2-3-4-5-6-7-18-8-24(40)34(25(41)9-18)20-10-26(42)35(27(43)11-20)21-12-29(45)36(30(46)13-21)38(50,51)52-22-16-23(39)33(28(44)17-22)19-14-31(47)37(49)32(48)15-19/h8-17H,2-7H2,1H3. The normalized spacial score (nSPS) is 11.7. The monoisotopic (exact) mass is 760 g/mol. The third-order valence-electron chi connectivity index (χ3n) is 8.16. The SMILES string of the molecule is CCCCCCCc1cc(F)c(-c2cc(F)c(-c3cc(F)c(C(F)(F)Oc4cc(F)c(-c5cc(F)c(F)c(F)c5)c(Cl)c4)c(F)c3)c(F)c2)c(F)c1. The highest BCUT2D eigenvalue weighted by Crippen LogP contribution is 2.42. The van der Waals surface area contributed by atoms with Gasteiger partial charge in [-0.1, -0.05) is 44.2 Å². The Morgan fingerprint density at radius 3 is 1.42 bits per heavy atom. The molecule has 5 aromatic rings. The molecule has 0 aliphatic heterocycles. The molecule has 0 amide bonds. The van der Waals surface area contributed by atoms with E-state index < -0.39 is 114 Å². The maximum Gasteiger partial charge on any atom is 0.432 e. The van der Waals surface area contributed by atoms with E-state index in [1.807, 2.05) is 6.92 Å². The molecule has 0 spiro atoms. The molecular formula is C38H25ClF12O. The van der Waals surface area contributed by atoms with Crippen LogP contribution in [0.4, 0.5) is 52.7 Å². The lowest BCUT2D eigenvalue weighted by molar-refractivity contribution is -0.189. The fourth-order valence-corrected chi connectivity index (χ4v) is 6.06. The topological polar surface area (TPSA) is 9.23 Å². The third kappa shape index (κ3) is 8.04. The maximum absolute atomic E-state index is 15.3. The van der Waals surface area contributed by atoms with Crippen LogP contribution in [0.3, 0.4) is 0 Å². The lowest BCUT2D eigenvalue weighted by atomic mass is 9.95. The number of halogens is 13. The van der Waals surface area contributed by atoms with Crippen molar-refractivity contribution in [2.24, 2.45) is 0 Å². The smallest absolute Gasteiger partial charge is 0.429 e. The van der Waals surface area contributed by atoms with E-state index in [2.05, 4.69) is 4.74 Å². The summed E-state index contributed by atoms with van der Waals surface area (Å²) in [4.78, 5) is 0. The van der Waals surface area contributed by atoms with E-state index in [9.17, 15) is 26.3 Å². The Morgan fingerprint density at radius 2 is 0.923 bits per heavy atom. The summed E-state index contributed by atoms with van der Waals surface area (Å²) in [5.74, 6) is -17.3. The highest BCUT2D eigenvalue weighted by molar-refractivity contribution is 6.33. The van der Waals surface area contributed by atoms with Gasteiger partial charge in [0.1, 0.15) is 52.0 Å². The summed E-state index contributed by atoms with van der Waals surface area (Å²) in [6, 6.07) is 4.96. The molecule has 0 heterocycles. The van der Waals surface area contributed by atoms with Gasteiger partial charge in [0.25, 0.3) is 0 Å². The maximum atomic E-state index is 15.3. The Kier molecular flexibility index (Phi) is 11.5. The number of rotatable bonds is 12. The molecule has 5 aromatic carbocycles. The van der Waals surface area contributed by atoms with Crippen molar-refractivity contribution in [2.75, 3.05) is 0 Å². The number of benzene rings is 5. The van der Waals surface area contributed by atoms with Crippen LogP contribution in [0, 0.1) is 58.2 Å². The quantitative estimate of drug-likeness (QED) is 0.0699. The molecule has 1 nitrogen and oxygen atoms in total. The minimum absolute atomic E-state index is 0.154. The molecule has 52 heavy (non-hydrogen) atoms. The van der Waals surface area contributed by atoms with E-state index in [0.29, 0.717) is 48.7 Å². The first-order chi connectivity index (χ1) is 24.5. The van der Waals surface area contributed by atoms with Gasteiger partial charge >= 0.3 is 6.11 Å². The summed E-state index contributed by atoms with van der Waals surface area (Å²) in [6.07, 6.45) is -0.0406. The average molecular weight is 761 g/mol. The van der Waals surface area contributed by atoms with Gasteiger partial charge < -0.3 is 4.74 Å². The van der Waals surface area contributed by atoms with Crippen molar-refractivity contribution in [3.8, 4) is 39.1 Å². The van der Waals surface area contributed by atoms with Crippen LogP contribution in [0.5, 0.6) is 5.75 Å². The second kappa shape index (κ2) is 15.5. The minimum Gasteiger partial charge on any atom is -0.429 e. The molecule has 0 radical (unpaired) electrons. The predicted molar refractivity (Wildman–Crippen MR) is 171 cm³/mol. The molecule has 0 fully saturated rings. The molecule has 0 aliphatic carbocycles. The molecule has 0 aromatic heterocycles. The molecule has 14 heteroatoms. The second-order valence-corrected chi connectivity index (χ2v) is 12.3. The lowest BCUT2D eigenvalue weighted by Gasteiger charge is -2.21.